The first-order chi connectivity index (χ1) is 16.7. The van der Waals surface area contributed by atoms with Gasteiger partial charge >= 0.3 is 6.03 Å². The first-order valence-electron chi connectivity index (χ1n) is 11.7. The average molecular weight is 515 g/mol. The molecule has 1 fully saturated rings. The normalized spacial score (nSPS) is 18.9. The Morgan fingerprint density at radius 1 is 1.11 bits per heavy atom. The number of aryl methyl sites for hydroxylation is 1. The second-order valence-corrected chi connectivity index (χ2v) is 11.8. The van der Waals surface area contributed by atoms with Gasteiger partial charge in [-0.15, -0.1) is 0 Å². The largest absolute Gasteiger partial charge is 0.343 e. The van der Waals surface area contributed by atoms with Crippen LogP contribution < -0.4 is 0 Å². The molecule has 0 saturated carbocycles. The summed E-state index contributed by atoms with van der Waals surface area (Å²) in [6, 6.07) is 10.1. The maximum absolute atomic E-state index is 12.9. The molecule has 184 valence electrons. The zero-order valence-electron chi connectivity index (χ0n) is 19.6. The van der Waals surface area contributed by atoms with Crippen molar-refractivity contribution in [3.63, 3.8) is 0 Å². The number of aromatic nitrogens is 2. The first-order valence-corrected chi connectivity index (χ1v) is 13.7. The molecule has 3 heterocycles. The number of fused-ring (bicyclic) bond motifs is 2. The van der Waals surface area contributed by atoms with Gasteiger partial charge in [0.2, 0.25) is 5.91 Å². The van der Waals surface area contributed by atoms with Gasteiger partial charge < -0.3 is 9.80 Å². The van der Waals surface area contributed by atoms with Crippen LogP contribution in [-0.4, -0.2) is 64.6 Å². The summed E-state index contributed by atoms with van der Waals surface area (Å²) in [5.41, 5.74) is 1.79. The lowest BCUT2D eigenvalue weighted by Gasteiger charge is -2.38. The molecule has 2 aliphatic rings. The lowest BCUT2D eigenvalue weighted by molar-refractivity contribution is -0.132. The van der Waals surface area contributed by atoms with Gasteiger partial charge in [0.1, 0.15) is 6.33 Å². The van der Waals surface area contributed by atoms with Crippen LogP contribution in [0.1, 0.15) is 43.6 Å². The third-order valence-corrected chi connectivity index (χ3v) is 9.11. The molecule has 8 nitrogen and oxygen atoms in total. The van der Waals surface area contributed by atoms with Crippen LogP contribution in [0.25, 0.3) is 10.8 Å². The quantitative estimate of drug-likeness (QED) is 0.509. The van der Waals surface area contributed by atoms with Crippen molar-refractivity contribution in [1.29, 1.82) is 0 Å². The molecule has 2 aliphatic heterocycles. The summed E-state index contributed by atoms with van der Waals surface area (Å²) in [7, 11) is -3.60. The van der Waals surface area contributed by atoms with E-state index in [2.05, 4.69) is 4.98 Å². The molecule has 10 heteroatoms. The topological polar surface area (TPSA) is 92.6 Å². The summed E-state index contributed by atoms with van der Waals surface area (Å²) in [5.74, 6) is -0.416. The zero-order valence-corrected chi connectivity index (χ0v) is 21.2. The van der Waals surface area contributed by atoms with E-state index in [9.17, 15) is 18.0 Å². The van der Waals surface area contributed by atoms with Crippen LogP contribution in [0, 0.1) is 6.92 Å². The monoisotopic (exact) mass is 514 g/mol. The maximum atomic E-state index is 12.9. The number of carbonyl (C=O) groups excluding carboxylic acids is 2. The minimum absolute atomic E-state index is 0.0377. The molecule has 0 radical (unpaired) electrons. The van der Waals surface area contributed by atoms with E-state index in [0.29, 0.717) is 31.0 Å². The summed E-state index contributed by atoms with van der Waals surface area (Å²) in [4.78, 5) is 33.7. The van der Waals surface area contributed by atoms with Crippen molar-refractivity contribution in [2.24, 2.45) is 0 Å². The molecule has 1 unspecified atom stereocenters. The van der Waals surface area contributed by atoms with Gasteiger partial charge in [0.25, 0.3) is 0 Å². The van der Waals surface area contributed by atoms with Crippen molar-refractivity contribution in [3.8, 4) is 0 Å². The number of sulfone groups is 1. The molecule has 0 N–H and O–H groups in total. The second-order valence-electron chi connectivity index (χ2n) is 9.29. The molecule has 0 aliphatic carbocycles. The number of benzene rings is 2. The molecule has 0 spiro atoms. The van der Waals surface area contributed by atoms with Crippen LogP contribution in [0.5, 0.6) is 0 Å². The third-order valence-electron chi connectivity index (χ3n) is 7.17. The molecule has 35 heavy (non-hydrogen) atoms. The maximum Gasteiger partial charge on any atom is 0.330 e. The average Bonchev–Trinajstić information content (AvgIpc) is 3.35. The number of imidazole rings is 1. The van der Waals surface area contributed by atoms with Crippen LogP contribution in [-0.2, 0) is 14.6 Å². The highest BCUT2D eigenvalue weighted by molar-refractivity contribution is 7.91. The number of carbonyl (C=O) groups is 2. The minimum Gasteiger partial charge on any atom is -0.343 e. The molecular formula is C25H27ClN4O4S. The Morgan fingerprint density at radius 2 is 1.80 bits per heavy atom. The molecule has 1 saturated heterocycles. The number of nitrogens with zero attached hydrogens (tertiary/aromatic N) is 4. The molecular weight excluding hydrogens is 488 g/mol. The number of amides is 2. The summed E-state index contributed by atoms with van der Waals surface area (Å²) in [5, 5.41) is 2.24. The second kappa shape index (κ2) is 8.95. The summed E-state index contributed by atoms with van der Waals surface area (Å²) < 4.78 is 27.4. The van der Waals surface area contributed by atoms with Crippen molar-refractivity contribution >= 4 is 44.1 Å². The van der Waals surface area contributed by atoms with Crippen molar-refractivity contribution in [1.82, 2.24) is 19.4 Å². The fourth-order valence-corrected chi connectivity index (χ4v) is 6.72. The van der Waals surface area contributed by atoms with Crippen LogP contribution in [0.2, 0.25) is 5.02 Å². The van der Waals surface area contributed by atoms with Gasteiger partial charge in [-0.3, -0.25) is 9.36 Å². The van der Waals surface area contributed by atoms with E-state index in [-0.39, 0.29) is 41.1 Å². The smallest absolute Gasteiger partial charge is 0.330 e. The Kier molecular flexibility index (Phi) is 6.09. The highest BCUT2D eigenvalue weighted by Crippen LogP contribution is 2.35. The van der Waals surface area contributed by atoms with Crippen LogP contribution in [0.3, 0.4) is 0 Å². The van der Waals surface area contributed by atoms with E-state index >= 15 is 0 Å². The van der Waals surface area contributed by atoms with Crippen LogP contribution in [0.4, 0.5) is 4.79 Å². The fraction of sp³-hybridized carbons (Fsp3) is 0.400. The van der Waals surface area contributed by atoms with Gasteiger partial charge in [0.05, 0.1) is 28.1 Å². The Bertz CT molecular complexity index is 1430. The Labute approximate surface area is 209 Å². The standard InChI is InChI=1S/C25H27ClN4O4S/c1-16-24-17(2)30(25(32)29(24)15-27-16)21-7-10-28(11-8-21)23(31)9-12-35(33,34)22-6-4-18-13-20(26)5-3-19(18)14-22/h3-6,13-15,17,21H,7-12H2,1-2H3. The van der Waals surface area contributed by atoms with Gasteiger partial charge in [-0.2, -0.15) is 0 Å². The third kappa shape index (κ3) is 4.31. The zero-order chi connectivity index (χ0) is 24.9. The minimum atomic E-state index is -3.60. The predicted molar refractivity (Wildman–Crippen MR) is 133 cm³/mol. The molecule has 2 aromatic carbocycles. The van der Waals surface area contributed by atoms with Gasteiger partial charge in [0, 0.05) is 30.6 Å². The van der Waals surface area contributed by atoms with Crippen molar-refractivity contribution < 1.29 is 18.0 Å². The molecule has 2 amide bonds. The van der Waals surface area contributed by atoms with Crippen molar-refractivity contribution in [2.45, 2.75) is 50.1 Å². The summed E-state index contributed by atoms with van der Waals surface area (Å²) >= 11 is 6.01. The van der Waals surface area contributed by atoms with E-state index in [1.54, 1.807) is 52.2 Å². The van der Waals surface area contributed by atoms with Gasteiger partial charge in [-0.1, -0.05) is 23.7 Å². The Hall–Kier alpha value is -2.91. The highest BCUT2D eigenvalue weighted by Gasteiger charge is 2.41. The molecule has 1 aromatic heterocycles. The Morgan fingerprint density at radius 3 is 2.51 bits per heavy atom. The molecule has 1 atom stereocenters. The fourth-order valence-electron chi connectivity index (χ4n) is 5.28. The summed E-state index contributed by atoms with van der Waals surface area (Å²) in [6.45, 7) is 4.92. The van der Waals surface area contributed by atoms with E-state index in [4.69, 9.17) is 11.6 Å². The van der Waals surface area contributed by atoms with Gasteiger partial charge in [-0.05, 0) is 61.7 Å². The SMILES string of the molecule is Cc1ncn2c1C(C)N(C1CCN(C(=O)CCS(=O)(=O)c3ccc4cc(Cl)ccc4c3)CC1)C2=O. The molecule has 0 bridgehead atoms. The highest BCUT2D eigenvalue weighted by atomic mass is 35.5. The van der Waals surface area contributed by atoms with Gasteiger partial charge in [-0.25, -0.2) is 18.2 Å². The number of rotatable bonds is 5. The number of hydrogen-bond acceptors (Lipinski definition) is 5. The molecule has 3 aromatic rings. The number of piperidine rings is 1. The van der Waals surface area contributed by atoms with E-state index in [1.165, 1.54) is 0 Å². The molecule has 5 rings (SSSR count). The Balaban J connectivity index is 1.18. The first kappa shape index (κ1) is 23.8. The van der Waals surface area contributed by atoms with Crippen molar-refractivity contribution in [3.05, 3.63) is 59.1 Å². The predicted octanol–water partition coefficient (Wildman–Crippen LogP) is 4.20. The van der Waals surface area contributed by atoms with Crippen LogP contribution >= 0.6 is 11.6 Å². The van der Waals surface area contributed by atoms with Crippen molar-refractivity contribution in [2.75, 3.05) is 18.8 Å². The lowest BCUT2D eigenvalue weighted by Crippen LogP contribution is -2.48. The van der Waals surface area contributed by atoms with E-state index < -0.39 is 9.84 Å². The number of halogens is 1. The number of hydrogen-bond donors (Lipinski definition) is 0. The van der Waals surface area contributed by atoms with Gasteiger partial charge in [0.15, 0.2) is 9.84 Å². The van der Waals surface area contributed by atoms with Crippen LogP contribution in [0.15, 0.2) is 47.6 Å². The van der Waals surface area contributed by atoms with E-state index in [0.717, 1.165) is 22.2 Å². The van der Waals surface area contributed by atoms with E-state index in [1.807, 2.05) is 18.7 Å². The number of likely N-dealkylation sites (tertiary alicyclic amines) is 1. The lowest BCUT2D eigenvalue weighted by atomic mass is 10.0. The summed E-state index contributed by atoms with van der Waals surface area (Å²) in [6.07, 6.45) is 2.84.